The van der Waals surface area contributed by atoms with Crippen molar-refractivity contribution < 1.29 is 8.50 Å². The molecule has 4 rings (SSSR count). The molecule has 0 spiro atoms. The molecule has 7 heteroatoms. The number of aromatic nitrogens is 5. The average molecular weight is 364 g/mol. The Hall–Kier alpha value is -2.98. The van der Waals surface area contributed by atoms with Crippen molar-refractivity contribution in [3.8, 4) is 11.4 Å². The second kappa shape index (κ2) is 6.39. The lowest BCUT2D eigenvalue weighted by Gasteiger charge is -1.99. The lowest BCUT2D eigenvalue weighted by Crippen LogP contribution is -2.35. The van der Waals surface area contributed by atoms with E-state index in [1.165, 1.54) is 0 Å². The minimum Gasteiger partial charge on any atom is -0.402 e. The molecular weight excluding hydrogens is 343 g/mol. The van der Waals surface area contributed by atoms with E-state index < -0.39 is 8.00 Å². The van der Waals surface area contributed by atoms with Crippen molar-refractivity contribution in [2.75, 3.05) is 0 Å². The molecule has 4 aromatic rings. The zero-order chi connectivity index (χ0) is 18.3. The molecule has 0 saturated heterocycles. The van der Waals surface area contributed by atoms with Crippen LogP contribution in [-0.2, 0) is 7.05 Å². The Kier molecular flexibility index (Phi) is 4.05. The predicted octanol–water partition coefficient (Wildman–Crippen LogP) is 2.43. The van der Waals surface area contributed by atoms with Gasteiger partial charge in [-0.05, 0) is 38.1 Å². The summed E-state index contributed by atoms with van der Waals surface area (Å²) in [6.45, 7) is 3.89. The monoisotopic (exact) mass is 364 g/mol. The first kappa shape index (κ1) is 16.5. The summed E-state index contributed by atoms with van der Waals surface area (Å²) in [5.41, 5.74) is 11.8. The number of nitrogens with two attached hydrogens (primary N) is 1. The van der Waals surface area contributed by atoms with Crippen LogP contribution < -0.4 is 14.2 Å². The summed E-state index contributed by atoms with van der Waals surface area (Å²) in [7, 11) is 0.977. The van der Waals surface area contributed by atoms with Crippen LogP contribution in [0.25, 0.3) is 23.0 Å². The number of nitrogens with zero attached hydrogens (tertiary/aromatic N) is 5. The van der Waals surface area contributed by atoms with Crippen molar-refractivity contribution in [2.45, 2.75) is 13.8 Å². The van der Waals surface area contributed by atoms with E-state index in [1.807, 2.05) is 55.9 Å². The van der Waals surface area contributed by atoms with Crippen LogP contribution in [-0.4, -0.2) is 14.5 Å². The van der Waals surface area contributed by atoms with Crippen LogP contribution in [0.4, 0.5) is 0 Å². The van der Waals surface area contributed by atoms with E-state index >= 15 is 0 Å². The summed E-state index contributed by atoms with van der Waals surface area (Å²) in [4.78, 5) is 0. The van der Waals surface area contributed by atoms with E-state index in [1.54, 1.807) is 0 Å². The molecule has 4 heterocycles. The number of aryl methyl sites for hydroxylation is 2. The van der Waals surface area contributed by atoms with Crippen molar-refractivity contribution >= 4 is 19.6 Å². The number of hydrogen-bond acceptors (Lipinski definition) is 3. The molecular formula is C19H21N6P+2. The van der Waals surface area contributed by atoms with Crippen LogP contribution in [0.15, 0.2) is 60.6 Å². The van der Waals surface area contributed by atoms with Crippen LogP contribution in [0.1, 0.15) is 18.3 Å². The molecule has 4 aromatic heterocycles. The van der Waals surface area contributed by atoms with Crippen molar-refractivity contribution in [2.24, 2.45) is 12.8 Å². The summed E-state index contributed by atoms with van der Waals surface area (Å²) in [5, 5.41) is 4.50. The maximum Gasteiger partial charge on any atom is 0.580 e. The highest BCUT2D eigenvalue weighted by molar-refractivity contribution is 7.30. The maximum absolute atomic E-state index is 5.92. The second-order valence-electron chi connectivity index (χ2n) is 6.30. The number of allylic oxidation sites excluding steroid dienone is 1. The van der Waals surface area contributed by atoms with Crippen LogP contribution in [0.3, 0.4) is 0 Å². The van der Waals surface area contributed by atoms with Gasteiger partial charge in [0.05, 0.1) is 5.69 Å². The minimum absolute atomic E-state index is 0.747. The van der Waals surface area contributed by atoms with Gasteiger partial charge < -0.3 is 5.73 Å². The van der Waals surface area contributed by atoms with Gasteiger partial charge in [0.1, 0.15) is 11.9 Å². The Morgan fingerprint density at radius 1 is 1.19 bits per heavy atom. The highest BCUT2D eigenvalue weighted by Gasteiger charge is 2.32. The molecule has 2 N–H and O–H groups in total. The van der Waals surface area contributed by atoms with E-state index in [9.17, 15) is 0 Å². The smallest absolute Gasteiger partial charge is 0.402 e. The molecule has 0 amide bonds. The first-order valence-corrected chi connectivity index (χ1v) is 9.60. The zero-order valence-corrected chi connectivity index (χ0v) is 15.9. The zero-order valence-electron chi connectivity index (χ0n) is 15.0. The Morgan fingerprint density at radius 2 is 1.96 bits per heavy atom. The Bertz CT molecular complexity index is 1130. The van der Waals surface area contributed by atoms with Gasteiger partial charge >= 0.3 is 8.00 Å². The van der Waals surface area contributed by atoms with Gasteiger partial charge in [-0.25, -0.2) is 0 Å². The SMILES string of the molecule is CC(N)=Cc1np(-[n+]2ccccc2-c2cc(C)nn2C)[n+]2ccccc12. The molecule has 0 aromatic carbocycles. The Balaban J connectivity index is 2.01. The molecule has 0 aliphatic heterocycles. The molecule has 0 saturated carbocycles. The van der Waals surface area contributed by atoms with E-state index in [-0.39, 0.29) is 0 Å². The fraction of sp³-hybridized carbons (Fsp3) is 0.158. The van der Waals surface area contributed by atoms with Crippen LogP contribution in [0, 0.1) is 6.92 Å². The first-order chi connectivity index (χ1) is 12.5. The van der Waals surface area contributed by atoms with Gasteiger partial charge in [0.2, 0.25) is 11.4 Å². The van der Waals surface area contributed by atoms with Gasteiger partial charge in [-0.15, -0.1) is 4.16 Å². The first-order valence-electron chi connectivity index (χ1n) is 8.40. The third-order valence-electron chi connectivity index (χ3n) is 4.15. The highest BCUT2D eigenvalue weighted by Crippen LogP contribution is 2.24. The molecule has 0 bridgehead atoms. The standard InChI is InChI=1S/C19H21N6P/c1-14(20)12-16-17-8-4-6-10-24(17)26(22-16)25-11-7-5-9-18(25)19-13-15(2)21-23(19)3/h4-13H,20H2,1-3H3/q+2. The van der Waals surface area contributed by atoms with Gasteiger partial charge in [-0.3, -0.25) is 4.68 Å². The molecule has 0 aliphatic carbocycles. The molecule has 0 aliphatic rings. The van der Waals surface area contributed by atoms with E-state index in [2.05, 4.69) is 44.2 Å². The highest BCUT2D eigenvalue weighted by atomic mass is 31.1. The van der Waals surface area contributed by atoms with Crippen molar-refractivity contribution in [1.82, 2.24) is 14.5 Å². The summed E-state index contributed by atoms with van der Waals surface area (Å²) in [6.07, 6.45) is 6.10. The second-order valence-corrected chi connectivity index (χ2v) is 7.90. The van der Waals surface area contributed by atoms with E-state index in [4.69, 9.17) is 10.5 Å². The number of hydrogen-bond donors (Lipinski definition) is 1. The average Bonchev–Trinajstić information content (AvgIpc) is 3.14. The van der Waals surface area contributed by atoms with Gasteiger partial charge in [-0.2, -0.15) is 5.10 Å². The predicted molar refractivity (Wildman–Crippen MR) is 102 cm³/mol. The Labute approximate surface area is 153 Å². The van der Waals surface area contributed by atoms with Gasteiger partial charge in [-0.1, -0.05) is 10.4 Å². The van der Waals surface area contributed by atoms with Gasteiger partial charge in [0.25, 0.3) is 0 Å². The van der Waals surface area contributed by atoms with Crippen molar-refractivity contribution in [3.63, 3.8) is 0 Å². The Morgan fingerprint density at radius 3 is 2.69 bits per heavy atom. The molecule has 0 radical (unpaired) electrons. The summed E-state index contributed by atoms with van der Waals surface area (Å²) in [6, 6.07) is 14.4. The normalized spacial score (nSPS) is 12.7. The van der Waals surface area contributed by atoms with Gasteiger partial charge in [0, 0.05) is 35.7 Å². The summed E-state index contributed by atoms with van der Waals surface area (Å²) in [5.74, 6) is 0. The molecule has 130 valence electrons. The molecule has 26 heavy (non-hydrogen) atoms. The van der Waals surface area contributed by atoms with Crippen molar-refractivity contribution in [3.05, 3.63) is 71.9 Å². The van der Waals surface area contributed by atoms with E-state index in [0.29, 0.717) is 0 Å². The van der Waals surface area contributed by atoms with Crippen LogP contribution in [0.2, 0.25) is 0 Å². The lowest BCUT2D eigenvalue weighted by molar-refractivity contribution is -0.565. The fourth-order valence-corrected chi connectivity index (χ4v) is 4.97. The topological polar surface area (TPSA) is 64.7 Å². The molecule has 6 nitrogen and oxygen atoms in total. The maximum atomic E-state index is 5.92. The minimum atomic E-state index is -0.993. The van der Waals surface area contributed by atoms with Gasteiger partial charge in [0.15, 0.2) is 11.7 Å². The summed E-state index contributed by atoms with van der Waals surface area (Å²) >= 11 is 0. The van der Waals surface area contributed by atoms with Crippen molar-refractivity contribution in [1.29, 1.82) is 0 Å². The van der Waals surface area contributed by atoms with Crippen LogP contribution >= 0.6 is 8.00 Å². The van der Waals surface area contributed by atoms with E-state index in [0.717, 1.165) is 34.0 Å². The summed E-state index contributed by atoms with van der Waals surface area (Å²) < 4.78 is 11.4. The lowest BCUT2D eigenvalue weighted by atomic mass is 10.2. The third kappa shape index (κ3) is 2.78. The number of rotatable bonds is 3. The molecule has 1 unspecified atom stereocenters. The largest absolute Gasteiger partial charge is 0.580 e. The third-order valence-corrected chi connectivity index (χ3v) is 6.02. The molecule has 0 fully saturated rings. The van der Waals surface area contributed by atoms with Crippen LogP contribution in [0.5, 0.6) is 0 Å². The molecule has 1 atom stereocenters. The number of fused-ring (bicyclic) bond motifs is 1. The quantitative estimate of drug-likeness (QED) is 0.607. The fourth-order valence-electron chi connectivity index (χ4n) is 3.10. The number of pyridine rings is 2.